The van der Waals surface area contributed by atoms with E-state index in [1.165, 1.54) is 23.8 Å². The zero-order valence-corrected chi connectivity index (χ0v) is 15.8. The molecule has 142 valence electrons. The molecule has 8 nitrogen and oxygen atoms in total. The molecule has 3 aliphatic rings. The highest BCUT2D eigenvalue weighted by Crippen LogP contribution is 2.50. The maximum atomic E-state index is 12.7. The summed E-state index contributed by atoms with van der Waals surface area (Å²) < 4.78 is -0.624. The quantitative estimate of drug-likeness (QED) is 0.420. The fourth-order valence-corrected chi connectivity index (χ4v) is 5.37. The number of allylic oxidation sites excluding steroid dienone is 1. The number of hydrogen-bond donors (Lipinski definition) is 2. The van der Waals surface area contributed by atoms with E-state index in [0.29, 0.717) is 0 Å². The van der Waals surface area contributed by atoms with E-state index in [9.17, 15) is 19.5 Å². The lowest BCUT2D eigenvalue weighted by Gasteiger charge is -2.43. The van der Waals surface area contributed by atoms with Gasteiger partial charge in [-0.1, -0.05) is 11.2 Å². The Hall–Kier alpha value is -2.03. The summed E-state index contributed by atoms with van der Waals surface area (Å²) in [6.45, 7) is 3.59. The van der Waals surface area contributed by atoms with E-state index >= 15 is 0 Å². The number of β-lactam (4-membered cyclic amide) rings is 1. The highest BCUT2D eigenvalue weighted by molar-refractivity contribution is 8.01. The molecule has 2 N–H and O–H groups in total. The van der Waals surface area contributed by atoms with Crippen molar-refractivity contribution in [2.45, 2.75) is 61.7 Å². The maximum absolute atomic E-state index is 12.7. The molecule has 0 radical (unpaired) electrons. The predicted octanol–water partition coefficient (Wildman–Crippen LogP) is 1.12. The van der Waals surface area contributed by atoms with E-state index in [2.05, 4.69) is 10.5 Å². The first kappa shape index (κ1) is 18.8. The second-order valence-corrected chi connectivity index (χ2v) is 8.92. The molecule has 26 heavy (non-hydrogen) atoms. The minimum absolute atomic E-state index is 0.190. The summed E-state index contributed by atoms with van der Waals surface area (Å²) in [6.07, 6.45) is 5.65. The number of nitrogens with one attached hydrogen (secondary N) is 1. The lowest BCUT2D eigenvalue weighted by Crippen LogP contribution is -2.71. The molecule has 0 saturated carbocycles. The van der Waals surface area contributed by atoms with Gasteiger partial charge in [0.2, 0.25) is 5.91 Å². The number of amides is 2. The summed E-state index contributed by atoms with van der Waals surface area (Å²) in [6, 6.07) is -1.64. The SMILES string of the molecule is CO/N=C(\C(=O)N[C@@H]1C(=O)N2[C@@H]1SC(C)(C)[C@@H]2C(=O)O)C1=CCCCC1. The average molecular weight is 381 g/mol. The zero-order valence-electron chi connectivity index (χ0n) is 15.0. The highest BCUT2D eigenvalue weighted by Gasteiger charge is 2.64. The molecule has 0 aromatic heterocycles. The van der Waals surface area contributed by atoms with Crippen LogP contribution in [-0.2, 0) is 19.2 Å². The van der Waals surface area contributed by atoms with Crippen molar-refractivity contribution < 1.29 is 24.3 Å². The average Bonchev–Trinajstić information content (AvgIpc) is 2.86. The number of rotatable bonds is 5. The molecule has 0 bridgehead atoms. The van der Waals surface area contributed by atoms with Gasteiger partial charge in [-0.15, -0.1) is 11.8 Å². The molecule has 0 aromatic carbocycles. The van der Waals surface area contributed by atoms with Gasteiger partial charge in [-0.25, -0.2) is 4.79 Å². The van der Waals surface area contributed by atoms with E-state index in [0.717, 1.165) is 31.3 Å². The number of carbonyl (C=O) groups is 3. The largest absolute Gasteiger partial charge is 0.480 e. The number of oxime groups is 1. The van der Waals surface area contributed by atoms with Gasteiger partial charge < -0.3 is 20.2 Å². The molecule has 2 aliphatic heterocycles. The summed E-state index contributed by atoms with van der Waals surface area (Å²) in [5.41, 5.74) is 1.01. The minimum Gasteiger partial charge on any atom is -0.480 e. The van der Waals surface area contributed by atoms with Gasteiger partial charge in [0.1, 0.15) is 24.6 Å². The van der Waals surface area contributed by atoms with E-state index in [4.69, 9.17) is 4.84 Å². The number of carbonyl (C=O) groups excluding carboxylic acids is 2. The Bertz CT molecular complexity index is 703. The van der Waals surface area contributed by atoms with Gasteiger partial charge in [-0.3, -0.25) is 9.59 Å². The summed E-state index contributed by atoms with van der Waals surface area (Å²) >= 11 is 1.39. The summed E-state index contributed by atoms with van der Waals surface area (Å²) in [5.74, 6) is -1.87. The van der Waals surface area contributed by atoms with Gasteiger partial charge in [0.05, 0.1) is 0 Å². The molecule has 9 heteroatoms. The van der Waals surface area contributed by atoms with Gasteiger partial charge in [-0.05, 0) is 45.1 Å². The monoisotopic (exact) mass is 381 g/mol. The first-order chi connectivity index (χ1) is 12.3. The molecular formula is C17H23N3O5S. The predicted molar refractivity (Wildman–Crippen MR) is 96.7 cm³/mol. The number of fused-ring (bicyclic) bond motifs is 1. The number of aliphatic carboxylic acids is 1. The summed E-state index contributed by atoms with van der Waals surface area (Å²) in [7, 11) is 1.37. The van der Waals surface area contributed by atoms with E-state index < -0.39 is 28.7 Å². The lowest BCUT2D eigenvalue weighted by molar-refractivity contribution is -0.160. The molecule has 0 spiro atoms. The van der Waals surface area contributed by atoms with Crippen molar-refractivity contribution in [3.8, 4) is 0 Å². The van der Waals surface area contributed by atoms with E-state index in [-0.39, 0.29) is 17.0 Å². The van der Waals surface area contributed by atoms with Crippen LogP contribution in [0.2, 0.25) is 0 Å². The van der Waals surface area contributed by atoms with Gasteiger partial charge in [0.25, 0.3) is 5.91 Å². The summed E-state index contributed by atoms with van der Waals surface area (Å²) in [4.78, 5) is 42.9. The Morgan fingerprint density at radius 3 is 2.73 bits per heavy atom. The van der Waals surface area contributed by atoms with Crippen LogP contribution in [0.5, 0.6) is 0 Å². The standard InChI is InChI=1S/C17H23N3O5S/c1-17(2)12(16(23)24)20-14(22)11(15(20)26-17)18-13(21)10(19-25-3)9-7-5-4-6-8-9/h7,11-12,15H,4-6,8H2,1-3H3,(H,18,21)(H,23,24)/b19-10-/t11-,12+,15-/m1/s1. The van der Waals surface area contributed by atoms with Crippen molar-refractivity contribution in [2.75, 3.05) is 7.11 Å². The third-order valence-electron chi connectivity index (χ3n) is 4.95. The highest BCUT2D eigenvalue weighted by atomic mass is 32.2. The van der Waals surface area contributed by atoms with Crippen LogP contribution in [0.3, 0.4) is 0 Å². The second-order valence-electron chi connectivity index (χ2n) is 7.15. The first-order valence-electron chi connectivity index (χ1n) is 8.62. The van der Waals surface area contributed by atoms with Crippen LogP contribution >= 0.6 is 11.8 Å². The number of hydrogen-bond acceptors (Lipinski definition) is 6. The Balaban J connectivity index is 1.74. The van der Waals surface area contributed by atoms with Crippen molar-refractivity contribution in [2.24, 2.45) is 5.16 Å². The Morgan fingerprint density at radius 1 is 1.42 bits per heavy atom. The molecule has 3 atom stereocenters. The fourth-order valence-electron chi connectivity index (χ4n) is 3.75. The van der Waals surface area contributed by atoms with Crippen LogP contribution in [0.15, 0.2) is 16.8 Å². The van der Waals surface area contributed by atoms with Crippen LogP contribution in [0.25, 0.3) is 0 Å². The molecule has 0 aromatic rings. The topological polar surface area (TPSA) is 108 Å². The Labute approximate surface area is 156 Å². The van der Waals surface area contributed by atoms with Gasteiger partial charge >= 0.3 is 5.97 Å². The molecule has 2 amide bonds. The first-order valence-corrected chi connectivity index (χ1v) is 9.50. The number of nitrogens with zero attached hydrogens (tertiary/aromatic N) is 2. The van der Waals surface area contributed by atoms with Crippen molar-refractivity contribution in [1.29, 1.82) is 0 Å². The molecule has 1 aliphatic carbocycles. The summed E-state index contributed by atoms with van der Waals surface area (Å²) in [5, 5.41) is 15.6. The fraction of sp³-hybridized carbons (Fsp3) is 0.647. The van der Waals surface area contributed by atoms with Crippen molar-refractivity contribution in [3.63, 3.8) is 0 Å². The minimum atomic E-state index is -1.03. The molecule has 2 fully saturated rings. The van der Waals surface area contributed by atoms with Crippen LogP contribution in [0.1, 0.15) is 39.5 Å². The van der Waals surface area contributed by atoms with Crippen molar-refractivity contribution in [1.82, 2.24) is 10.2 Å². The normalized spacial score (nSPS) is 30.2. The lowest BCUT2D eigenvalue weighted by atomic mass is 9.94. The van der Waals surface area contributed by atoms with E-state index in [1.807, 2.05) is 6.08 Å². The third-order valence-corrected chi connectivity index (χ3v) is 6.53. The van der Waals surface area contributed by atoms with E-state index in [1.54, 1.807) is 13.8 Å². The maximum Gasteiger partial charge on any atom is 0.327 e. The van der Waals surface area contributed by atoms with Crippen molar-refractivity contribution >= 4 is 35.3 Å². The smallest absolute Gasteiger partial charge is 0.327 e. The molecule has 0 unspecified atom stereocenters. The number of carboxylic acid groups (broad SMARTS) is 1. The second kappa shape index (κ2) is 6.94. The number of carboxylic acids is 1. The number of thioether (sulfide) groups is 1. The van der Waals surface area contributed by atoms with Crippen LogP contribution in [0, 0.1) is 0 Å². The molecular weight excluding hydrogens is 358 g/mol. The third kappa shape index (κ3) is 3.08. The van der Waals surface area contributed by atoms with Gasteiger partial charge in [-0.2, -0.15) is 0 Å². The van der Waals surface area contributed by atoms with Crippen LogP contribution < -0.4 is 5.32 Å². The van der Waals surface area contributed by atoms with Crippen LogP contribution in [0.4, 0.5) is 0 Å². The van der Waals surface area contributed by atoms with Crippen molar-refractivity contribution in [3.05, 3.63) is 11.6 Å². The molecule has 2 saturated heterocycles. The zero-order chi connectivity index (χ0) is 19.1. The molecule has 2 heterocycles. The Morgan fingerprint density at radius 2 is 2.15 bits per heavy atom. The van der Waals surface area contributed by atoms with Gasteiger partial charge in [0.15, 0.2) is 5.71 Å². The Kier molecular flexibility index (Phi) is 5.01. The van der Waals surface area contributed by atoms with Crippen LogP contribution in [-0.4, -0.2) is 62.8 Å². The molecule has 3 rings (SSSR count). The van der Waals surface area contributed by atoms with Gasteiger partial charge in [0, 0.05) is 4.75 Å².